The summed E-state index contributed by atoms with van der Waals surface area (Å²) in [5.74, 6) is -0.848. The van der Waals surface area contributed by atoms with Crippen molar-refractivity contribution in [1.82, 2.24) is 4.90 Å². The Labute approximate surface area is 169 Å². The number of halogens is 3. The Balaban J connectivity index is 1.94. The Kier molecular flexibility index (Phi) is 6.40. The standard InChI is InChI=1S/C21H23Cl2FN2O/c1-3-10-26-13(2)11-17(16-8-5-9-18(23)19(16)24)20(26)21(27)25-15-7-4-6-14(22)12-15/h4-9,12-13,17,20H,3,10-11H2,1-2H3,(H,25,27)/t13-,17?,20?/m0/s1. The molecule has 1 fully saturated rings. The van der Waals surface area contributed by atoms with Crippen LogP contribution >= 0.6 is 23.2 Å². The average molecular weight is 409 g/mol. The van der Waals surface area contributed by atoms with E-state index in [0.717, 1.165) is 13.0 Å². The van der Waals surface area contributed by atoms with E-state index < -0.39 is 11.9 Å². The van der Waals surface area contributed by atoms with Crippen LogP contribution in [0.4, 0.5) is 10.1 Å². The summed E-state index contributed by atoms with van der Waals surface area (Å²) in [6, 6.07) is 11.7. The fourth-order valence-electron chi connectivity index (χ4n) is 3.97. The zero-order chi connectivity index (χ0) is 19.6. The van der Waals surface area contributed by atoms with Crippen molar-refractivity contribution in [3.05, 3.63) is 63.9 Å². The normalized spacial score (nSPS) is 22.8. The van der Waals surface area contributed by atoms with Crippen molar-refractivity contribution in [2.24, 2.45) is 0 Å². The van der Waals surface area contributed by atoms with Gasteiger partial charge in [0.2, 0.25) is 5.91 Å². The number of likely N-dealkylation sites (tertiary alicyclic amines) is 1. The van der Waals surface area contributed by atoms with E-state index in [0.29, 0.717) is 22.7 Å². The van der Waals surface area contributed by atoms with Gasteiger partial charge in [-0.2, -0.15) is 0 Å². The van der Waals surface area contributed by atoms with E-state index in [1.807, 2.05) is 0 Å². The Morgan fingerprint density at radius 2 is 2.00 bits per heavy atom. The van der Waals surface area contributed by atoms with E-state index in [1.165, 1.54) is 6.07 Å². The van der Waals surface area contributed by atoms with E-state index in [1.54, 1.807) is 36.4 Å². The summed E-state index contributed by atoms with van der Waals surface area (Å²) in [6.45, 7) is 4.93. The molecule has 1 N–H and O–H groups in total. The average Bonchev–Trinajstić information content (AvgIpc) is 2.94. The third-order valence-electron chi connectivity index (χ3n) is 5.12. The summed E-state index contributed by atoms with van der Waals surface area (Å²) in [4.78, 5) is 15.3. The molecule has 2 aromatic rings. The van der Waals surface area contributed by atoms with E-state index >= 15 is 0 Å². The highest BCUT2D eigenvalue weighted by Crippen LogP contribution is 2.40. The number of nitrogens with zero attached hydrogens (tertiary/aromatic N) is 1. The van der Waals surface area contributed by atoms with E-state index in [9.17, 15) is 9.18 Å². The Morgan fingerprint density at radius 1 is 1.26 bits per heavy atom. The summed E-state index contributed by atoms with van der Waals surface area (Å²) in [7, 11) is 0. The van der Waals surface area contributed by atoms with Gasteiger partial charge in [-0.25, -0.2) is 4.39 Å². The van der Waals surface area contributed by atoms with Gasteiger partial charge in [0.15, 0.2) is 0 Å². The first-order valence-electron chi connectivity index (χ1n) is 9.18. The highest BCUT2D eigenvalue weighted by molar-refractivity contribution is 6.31. The molecule has 1 heterocycles. The first kappa shape index (κ1) is 20.1. The number of hydrogen-bond donors (Lipinski definition) is 1. The SMILES string of the molecule is CCCN1C(C(=O)Nc2cccc(Cl)c2)C(c2cccc(Cl)c2F)C[C@@H]1C. The van der Waals surface area contributed by atoms with Gasteiger partial charge < -0.3 is 5.32 Å². The first-order chi connectivity index (χ1) is 12.9. The lowest BCUT2D eigenvalue weighted by Gasteiger charge is -2.29. The number of amides is 1. The quantitative estimate of drug-likeness (QED) is 0.684. The Bertz CT molecular complexity index is 830. The van der Waals surface area contributed by atoms with Gasteiger partial charge in [-0.15, -0.1) is 0 Å². The second-order valence-corrected chi connectivity index (χ2v) is 7.86. The van der Waals surface area contributed by atoms with Gasteiger partial charge in [0.05, 0.1) is 11.1 Å². The van der Waals surface area contributed by atoms with Crippen LogP contribution in [0.2, 0.25) is 10.0 Å². The first-order valence-corrected chi connectivity index (χ1v) is 9.94. The number of anilines is 1. The van der Waals surface area contributed by atoms with Gasteiger partial charge in [-0.3, -0.25) is 9.69 Å². The molecule has 2 aromatic carbocycles. The van der Waals surface area contributed by atoms with Gasteiger partial charge in [0.1, 0.15) is 5.82 Å². The molecule has 2 unspecified atom stereocenters. The fourth-order valence-corrected chi connectivity index (χ4v) is 4.35. The minimum Gasteiger partial charge on any atom is -0.325 e. The van der Waals surface area contributed by atoms with Crippen molar-refractivity contribution in [2.75, 3.05) is 11.9 Å². The van der Waals surface area contributed by atoms with Crippen LogP contribution in [0, 0.1) is 5.82 Å². The molecule has 0 aromatic heterocycles. The maximum Gasteiger partial charge on any atom is 0.242 e. The summed E-state index contributed by atoms with van der Waals surface area (Å²) in [5.41, 5.74) is 1.13. The summed E-state index contributed by atoms with van der Waals surface area (Å²) >= 11 is 12.0. The van der Waals surface area contributed by atoms with Crippen LogP contribution in [0.25, 0.3) is 0 Å². The highest BCUT2D eigenvalue weighted by atomic mass is 35.5. The second-order valence-electron chi connectivity index (χ2n) is 7.02. The molecule has 1 aliphatic heterocycles. The predicted octanol–water partition coefficient (Wildman–Crippen LogP) is 5.73. The van der Waals surface area contributed by atoms with Crippen LogP contribution in [-0.4, -0.2) is 29.4 Å². The number of carbonyl (C=O) groups is 1. The third-order valence-corrected chi connectivity index (χ3v) is 5.65. The van der Waals surface area contributed by atoms with Crippen LogP contribution in [-0.2, 0) is 4.79 Å². The van der Waals surface area contributed by atoms with Gasteiger partial charge in [-0.1, -0.05) is 48.3 Å². The minimum absolute atomic E-state index is 0.0862. The lowest BCUT2D eigenvalue weighted by Crippen LogP contribution is -2.45. The number of rotatable bonds is 5. The molecular weight excluding hydrogens is 386 g/mol. The van der Waals surface area contributed by atoms with Gasteiger partial charge in [0, 0.05) is 22.7 Å². The predicted molar refractivity (Wildman–Crippen MR) is 109 cm³/mol. The molecule has 3 rings (SSSR count). The number of nitrogens with one attached hydrogen (secondary N) is 1. The molecule has 0 saturated carbocycles. The van der Waals surface area contributed by atoms with Crippen molar-refractivity contribution in [3.63, 3.8) is 0 Å². The largest absolute Gasteiger partial charge is 0.325 e. The molecule has 6 heteroatoms. The van der Waals surface area contributed by atoms with E-state index in [2.05, 4.69) is 24.1 Å². The smallest absolute Gasteiger partial charge is 0.242 e. The van der Waals surface area contributed by atoms with Crippen LogP contribution in [0.15, 0.2) is 42.5 Å². The molecule has 1 aliphatic rings. The maximum absolute atomic E-state index is 14.7. The zero-order valence-electron chi connectivity index (χ0n) is 15.4. The van der Waals surface area contributed by atoms with Crippen LogP contribution in [0.5, 0.6) is 0 Å². The van der Waals surface area contributed by atoms with Crippen LogP contribution in [0.1, 0.15) is 38.2 Å². The lowest BCUT2D eigenvalue weighted by molar-refractivity contribution is -0.121. The molecule has 1 amide bonds. The molecule has 27 heavy (non-hydrogen) atoms. The van der Waals surface area contributed by atoms with Crippen molar-refractivity contribution in [2.45, 2.75) is 44.7 Å². The minimum atomic E-state index is -0.466. The molecule has 0 bridgehead atoms. The fraction of sp³-hybridized carbons (Fsp3) is 0.381. The summed E-state index contributed by atoms with van der Waals surface area (Å²) in [5, 5.41) is 3.58. The number of benzene rings is 2. The third kappa shape index (κ3) is 4.29. The van der Waals surface area contributed by atoms with Crippen molar-refractivity contribution >= 4 is 34.8 Å². The molecule has 0 radical (unpaired) electrons. The van der Waals surface area contributed by atoms with Crippen molar-refractivity contribution in [3.8, 4) is 0 Å². The van der Waals surface area contributed by atoms with E-state index in [-0.39, 0.29) is 22.9 Å². The second kappa shape index (κ2) is 8.59. The Morgan fingerprint density at radius 3 is 2.70 bits per heavy atom. The summed E-state index contributed by atoms with van der Waals surface area (Å²) < 4.78 is 14.7. The molecule has 144 valence electrons. The van der Waals surface area contributed by atoms with Crippen LogP contribution < -0.4 is 5.32 Å². The molecule has 0 spiro atoms. The monoisotopic (exact) mass is 408 g/mol. The Hall–Kier alpha value is -1.62. The lowest BCUT2D eigenvalue weighted by atomic mass is 9.89. The molecular formula is C21H23Cl2FN2O. The van der Waals surface area contributed by atoms with Crippen LogP contribution in [0.3, 0.4) is 0 Å². The molecule has 3 nitrogen and oxygen atoms in total. The number of hydrogen-bond acceptors (Lipinski definition) is 2. The molecule has 3 atom stereocenters. The van der Waals surface area contributed by atoms with Gasteiger partial charge in [-0.05, 0) is 56.1 Å². The maximum atomic E-state index is 14.7. The topological polar surface area (TPSA) is 32.3 Å². The van der Waals surface area contributed by atoms with Crippen molar-refractivity contribution < 1.29 is 9.18 Å². The van der Waals surface area contributed by atoms with Gasteiger partial charge in [0.25, 0.3) is 0 Å². The van der Waals surface area contributed by atoms with E-state index in [4.69, 9.17) is 23.2 Å². The molecule has 1 saturated heterocycles. The van der Waals surface area contributed by atoms with Crippen molar-refractivity contribution in [1.29, 1.82) is 0 Å². The zero-order valence-corrected chi connectivity index (χ0v) is 16.9. The van der Waals surface area contributed by atoms with Gasteiger partial charge >= 0.3 is 0 Å². The summed E-state index contributed by atoms with van der Waals surface area (Å²) in [6.07, 6.45) is 1.61. The highest BCUT2D eigenvalue weighted by Gasteiger charge is 2.44. The number of carbonyl (C=O) groups excluding carboxylic acids is 1. The molecule has 0 aliphatic carbocycles.